The van der Waals surface area contributed by atoms with Gasteiger partial charge < -0.3 is 4.79 Å². The third-order valence-electron chi connectivity index (χ3n) is 0.400. The lowest BCUT2D eigenvalue weighted by atomic mass is 10.6. The number of ketones is 1. The Hall–Kier alpha value is -1.32. The number of hydrogen-bond donors (Lipinski definition) is 0. The van der Waals surface area contributed by atoms with Crippen molar-refractivity contribution in [3.8, 4) is 0 Å². The predicted octanol–water partition coefficient (Wildman–Crippen LogP) is 0.467. The summed E-state index contributed by atoms with van der Waals surface area (Å²) < 4.78 is 0. The summed E-state index contributed by atoms with van der Waals surface area (Å²) in [6.07, 6.45) is 4.31. The molecule has 10 heavy (non-hydrogen) atoms. The Bertz CT molecular complexity index is 145. The van der Waals surface area contributed by atoms with Gasteiger partial charge in [-0.2, -0.15) is 0 Å². The molecule has 1 aromatic heterocycles. The SMILES string of the molecule is CC(C)=O.c1ncncn1. The third kappa shape index (κ3) is 9.84. The first-order valence-corrected chi connectivity index (χ1v) is 2.75. The Balaban J connectivity index is 0.000000180. The molecular weight excluding hydrogens is 130 g/mol. The van der Waals surface area contributed by atoms with E-state index in [4.69, 9.17) is 0 Å². The van der Waals surface area contributed by atoms with Crippen LogP contribution in [-0.4, -0.2) is 20.7 Å². The smallest absolute Gasteiger partial charge is 0.126 e. The van der Waals surface area contributed by atoms with Gasteiger partial charge in [0.2, 0.25) is 0 Å². The molecule has 0 spiro atoms. The first-order chi connectivity index (χ1) is 4.73. The molecule has 0 saturated heterocycles. The second-order valence-electron chi connectivity index (χ2n) is 1.70. The van der Waals surface area contributed by atoms with Crippen LogP contribution in [0.3, 0.4) is 0 Å². The van der Waals surface area contributed by atoms with Crippen LogP contribution >= 0.6 is 0 Å². The van der Waals surface area contributed by atoms with Crippen LogP contribution in [0, 0.1) is 0 Å². The Kier molecular flexibility index (Phi) is 5.04. The molecule has 4 nitrogen and oxygen atoms in total. The van der Waals surface area contributed by atoms with Crippen LogP contribution in [-0.2, 0) is 4.79 Å². The van der Waals surface area contributed by atoms with Crippen molar-refractivity contribution in [2.24, 2.45) is 0 Å². The zero-order valence-corrected chi connectivity index (χ0v) is 5.98. The molecule has 54 valence electrons. The summed E-state index contributed by atoms with van der Waals surface area (Å²) in [6, 6.07) is 0. The second-order valence-corrected chi connectivity index (χ2v) is 1.70. The fraction of sp³-hybridized carbons (Fsp3) is 0.333. The van der Waals surface area contributed by atoms with Crippen LogP contribution in [0.1, 0.15) is 13.8 Å². The Morgan fingerprint density at radius 2 is 1.20 bits per heavy atom. The Morgan fingerprint density at radius 1 is 1.00 bits per heavy atom. The molecule has 0 aromatic carbocycles. The fourth-order valence-electron chi connectivity index (χ4n) is 0.205. The van der Waals surface area contributed by atoms with Gasteiger partial charge in [0.05, 0.1) is 0 Å². The topological polar surface area (TPSA) is 55.7 Å². The number of carbonyl (C=O) groups excluding carboxylic acids is 1. The monoisotopic (exact) mass is 139 g/mol. The van der Waals surface area contributed by atoms with E-state index in [1.807, 2.05) is 0 Å². The molecule has 0 saturated carbocycles. The Morgan fingerprint density at radius 3 is 1.30 bits per heavy atom. The van der Waals surface area contributed by atoms with E-state index in [0.717, 1.165) is 0 Å². The highest BCUT2D eigenvalue weighted by Gasteiger charge is 1.62. The van der Waals surface area contributed by atoms with Gasteiger partial charge in [-0.1, -0.05) is 0 Å². The fourth-order valence-corrected chi connectivity index (χ4v) is 0.205. The molecule has 0 atom stereocenters. The molecule has 1 heterocycles. The maximum absolute atomic E-state index is 9.44. The summed E-state index contributed by atoms with van der Waals surface area (Å²) in [4.78, 5) is 20.1. The highest BCUT2D eigenvalue weighted by Crippen LogP contribution is 1.57. The summed E-state index contributed by atoms with van der Waals surface area (Å²) >= 11 is 0. The molecule has 0 fully saturated rings. The molecule has 0 N–H and O–H groups in total. The number of hydrogen-bond acceptors (Lipinski definition) is 4. The number of nitrogens with zero attached hydrogens (tertiary/aromatic N) is 3. The standard InChI is InChI=1S/C3H3N3.C3H6O/c1-4-2-6-3-5-1;1-3(2)4/h1-3H;1-2H3. The lowest BCUT2D eigenvalue weighted by Crippen LogP contribution is -1.73. The first-order valence-electron chi connectivity index (χ1n) is 2.75. The van der Waals surface area contributed by atoms with Gasteiger partial charge in [0.15, 0.2) is 0 Å². The highest BCUT2D eigenvalue weighted by molar-refractivity contribution is 5.72. The minimum Gasteiger partial charge on any atom is -0.300 e. The normalized spacial score (nSPS) is 7.40. The van der Waals surface area contributed by atoms with Crippen molar-refractivity contribution in [2.45, 2.75) is 13.8 Å². The summed E-state index contributed by atoms with van der Waals surface area (Å²) in [7, 11) is 0. The zero-order valence-electron chi connectivity index (χ0n) is 5.98. The quantitative estimate of drug-likeness (QED) is 0.524. The van der Waals surface area contributed by atoms with Crippen molar-refractivity contribution in [3.05, 3.63) is 19.0 Å². The average molecular weight is 139 g/mol. The predicted molar refractivity (Wildman–Crippen MR) is 36.2 cm³/mol. The summed E-state index contributed by atoms with van der Waals surface area (Å²) in [5, 5.41) is 0. The molecule has 0 unspecified atom stereocenters. The van der Waals surface area contributed by atoms with Gasteiger partial charge in [-0.05, 0) is 13.8 Å². The second kappa shape index (κ2) is 5.81. The van der Waals surface area contributed by atoms with E-state index in [0.29, 0.717) is 0 Å². The molecule has 1 rings (SSSR count). The lowest BCUT2D eigenvalue weighted by Gasteiger charge is -1.69. The molecule has 0 radical (unpaired) electrons. The van der Waals surface area contributed by atoms with E-state index in [2.05, 4.69) is 15.0 Å². The van der Waals surface area contributed by atoms with Crippen molar-refractivity contribution in [2.75, 3.05) is 0 Å². The van der Waals surface area contributed by atoms with Gasteiger partial charge in [-0.25, -0.2) is 15.0 Å². The molecule has 0 aliphatic heterocycles. The Labute approximate surface area is 59.4 Å². The van der Waals surface area contributed by atoms with E-state index in [1.165, 1.54) is 32.8 Å². The third-order valence-corrected chi connectivity index (χ3v) is 0.400. The van der Waals surface area contributed by atoms with E-state index in [9.17, 15) is 4.79 Å². The van der Waals surface area contributed by atoms with E-state index in [-0.39, 0.29) is 5.78 Å². The van der Waals surface area contributed by atoms with Crippen molar-refractivity contribution in [1.82, 2.24) is 15.0 Å². The van der Waals surface area contributed by atoms with Crippen LogP contribution in [0.2, 0.25) is 0 Å². The molecule has 0 aliphatic carbocycles. The van der Waals surface area contributed by atoms with Crippen LogP contribution in [0.15, 0.2) is 19.0 Å². The van der Waals surface area contributed by atoms with Crippen molar-refractivity contribution < 1.29 is 4.79 Å². The maximum Gasteiger partial charge on any atom is 0.126 e. The average Bonchev–Trinajstić information content (AvgIpc) is 1.90. The van der Waals surface area contributed by atoms with E-state index >= 15 is 0 Å². The molecule has 0 bridgehead atoms. The molecule has 4 heteroatoms. The van der Waals surface area contributed by atoms with Crippen LogP contribution in [0.25, 0.3) is 0 Å². The summed E-state index contributed by atoms with van der Waals surface area (Å²) in [5.74, 6) is 0.167. The van der Waals surface area contributed by atoms with Crippen LogP contribution < -0.4 is 0 Å². The van der Waals surface area contributed by atoms with Gasteiger partial charge >= 0.3 is 0 Å². The van der Waals surface area contributed by atoms with Gasteiger partial charge in [0, 0.05) is 0 Å². The van der Waals surface area contributed by atoms with Crippen molar-refractivity contribution in [3.63, 3.8) is 0 Å². The maximum atomic E-state index is 9.44. The zero-order chi connectivity index (χ0) is 7.82. The molecule has 0 amide bonds. The summed E-state index contributed by atoms with van der Waals surface area (Å²) in [6.45, 7) is 3.06. The van der Waals surface area contributed by atoms with Crippen LogP contribution in [0.5, 0.6) is 0 Å². The first kappa shape index (κ1) is 8.68. The highest BCUT2D eigenvalue weighted by atomic mass is 16.1. The number of rotatable bonds is 0. The summed E-state index contributed by atoms with van der Waals surface area (Å²) in [5.41, 5.74) is 0. The largest absolute Gasteiger partial charge is 0.300 e. The number of Topliss-reactive ketones (excluding diaryl/α,β-unsaturated/α-hetero) is 1. The van der Waals surface area contributed by atoms with Gasteiger partial charge in [-0.15, -0.1) is 0 Å². The van der Waals surface area contributed by atoms with E-state index < -0.39 is 0 Å². The lowest BCUT2D eigenvalue weighted by molar-refractivity contribution is -0.114. The number of carbonyl (C=O) groups is 1. The van der Waals surface area contributed by atoms with Crippen molar-refractivity contribution in [1.29, 1.82) is 0 Å². The van der Waals surface area contributed by atoms with Gasteiger partial charge in [-0.3, -0.25) is 0 Å². The van der Waals surface area contributed by atoms with Gasteiger partial charge in [0.1, 0.15) is 24.8 Å². The molecular formula is C6H9N3O. The van der Waals surface area contributed by atoms with Gasteiger partial charge in [0.25, 0.3) is 0 Å². The minimum atomic E-state index is 0.167. The van der Waals surface area contributed by atoms with Crippen LogP contribution in [0.4, 0.5) is 0 Å². The van der Waals surface area contributed by atoms with E-state index in [1.54, 1.807) is 0 Å². The molecule has 0 aliphatic rings. The minimum absolute atomic E-state index is 0.167. The number of aromatic nitrogens is 3. The van der Waals surface area contributed by atoms with Crippen molar-refractivity contribution >= 4 is 5.78 Å². The molecule has 1 aromatic rings.